The van der Waals surface area contributed by atoms with E-state index in [1.807, 2.05) is 60.7 Å². The van der Waals surface area contributed by atoms with Gasteiger partial charge in [0.1, 0.15) is 12.1 Å². The molecule has 0 radical (unpaired) electrons. The molecule has 1 saturated heterocycles. The molecule has 172 valence electrons. The maximum atomic E-state index is 12.2. The molecule has 0 spiro atoms. The topological polar surface area (TPSA) is 61.8 Å². The van der Waals surface area contributed by atoms with Gasteiger partial charge in [-0.05, 0) is 37.3 Å². The molecule has 1 heterocycles. The molecule has 5 nitrogen and oxygen atoms in total. The Bertz CT molecular complexity index is 807. The first-order valence-corrected chi connectivity index (χ1v) is 11.5. The smallest absolute Gasteiger partial charge is 0.133 e. The van der Waals surface area contributed by atoms with Crippen LogP contribution in [0.4, 0.5) is 0 Å². The van der Waals surface area contributed by atoms with Gasteiger partial charge < -0.3 is 19.0 Å². The van der Waals surface area contributed by atoms with Crippen LogP contribution in [0.1, 0.15) is 50.2 Å². The molecule has 0 saturated carbocycles. The minimum absolute atomic E-state index is 0.0149. The Hall–Kier alpha value is -2.34. The Balaban J connectivity index is 1.50. The van der Waals surface area contributed by atoms with Crippen LogP contribution < -0.4 is 0 Å². The van der Waals surface area contributed by atoms with Crippen LogP contribution in [0.15, 0.2) is 60.7 Å². The minimum Gasteiger partial charge on any atom is -0.377 e. The molecule has 1 aliphatic rings. The summed E-state index contributed by atoms with van der Waals surface area (Å²) in [5.41, 5.74) is 2.21. The van der Waals surface area contributed by atoms with Crippen LogP contribution in [0.2, 0.25) is 0 Å². The summed E-state index contributed by atoms with van der Waals surface area (Å²) in [5, 5.41) is 0. The Morgan fingerprint density at radius 1 is 1.00 bits per heavy atom. The lowest BCUT2D eigenvalue weighted by Crippen LogP contribution is -2.38. The van der Waals surface area contributed by atoms with Crippen molar-refractivity contribution in [3.05, 3.63) is 71.8 Å². The number of hydrogen-bond donors (Lipinski definition) is 0. The zero-order valence-corrected chi connectivity index (χ0v) is 18.9. The lowest BCUT2D eigenvalue weighted by atomic mass is 9.86. The summed E-state index contributed by atoms with van der Waals surface area (Å²) in [4.78, 5) is 23.4. The first-order chi connectivity index (χ1) is 15.6. The summed E-state index contributed by atoms with van der Waals surface area (Å²) in [5.74, 6) is 0.185. The van der Waals surface area contributed by atoms with Crippen LogP contribution in [-0.4, -0.2) is 37.0 Å². The molecule has 0 N–H and O–H groups in total. The number of hydrogen-bond acceptors (Lipinski definition) is 5. The number of carbonyl (C=O) groups excluding carboxylic acids is 2. The van der Waals surface area contributed by atoms with Crippen LogP contribution in [0.25, 0.3) is 0 Å². The summed E-state index contributed by atoms with van der Waals surface area (Å²) in [6.07, 6.45) is 3.63. The van der Waals surface area contributed by atoms with E-state index < -0.39 is 0 Å². The summed E-state index contributed by atoms with van der Waals surface area (Å²) in [7, 11) is 0. The summed E-state index contributed by atoms with van der Waals surface area (Å²) >= 11 is 0. The Labute approximate surface area is 191 Å². The van der Waals surface area contributed by atoms with Gasteiger partial charge in [0.15, 0.2) is 0 Å². The molecule has 0 bridgehead atoms. The van der Waals surface area contributed by atoms with Crippen molar-refractivity contribution >= 4 is 12.1 Å². The van der Waals surface area contributed by atoms with Gasteiger partial charge in [0, 0.05) is 25.4 Å². The number of rotatable bonds is 13. The molecule has 1 fully saturated rings. The molecule has 5 heteroatoms. The van der Waals surface area contributed by atoms with Crippen LogP contribution in [0.3, 0.4) is 0 Å². The van der Waals surface area contributed by atoms with Gasteiger partial charge in [-0.2, -0.15) is 0 Å². The van der Waals surface area contributed by atoms with Crippen molar-refractivity contribution in [3.8, 4) is 0 Å². The molecule has 0 aromatic heterocycles. The van der Waals surface area contributed by atoms with Crippen LogP contribution in [-0.2, 0) is 37.0 Å². The second-order valence-corrected chi connectivity index (χ2v) is 8.54. The monoisotopic (exact) mass is 438 g/mol. The van der Waals surface area contributed by atoms with Crippen molar-refractivity contribution < 1.29 is 23.8 Å². The first kappa shape index (κ1) is 24.3. The van der Waals surface area contributed by atoms with Gasteiger partial charge in [0.25, 0.3) is 0 Å². The highest BCUT2D eigenvalue weighted by Crippen LogP contribution is 2.30. The maximum Gasteiger partial charge on any atom is 0.133 e. The van der Waals surface area contributed by atoms with E-state index in [-0.39, 0.29) is 30.0 Å². The fraction of sp³-hybridized carbons (Fsp3) is 0.481. The lowest BCUT2D eigenvalue weighted by molar-refractivity contribution is -0.137. The van der Waals surface area contributed by atoms with E-state index in [1.54, 1.807) is 6.92 Å². The third-order valence-corrected chi connectivity index (χ3v) is 5.96. The van der Waals surface area contributed by atoms with Crippen molar-refractivity contribution in [3.63, 3.8) is 0 Å². The highest BCUT2D eigenvalue weighted by Gasteiger charge is 2.33. The van der Waals surface area contributed by atoms with E-state index in [0.29, 0.717) is 39.1 Å². The van der Waals surface area contributed by atoms with E-state index in [1.165, 1.54) is 0 Å². The van der Waals surface area contributed by atoms with Crippen molar-refractivity contribution in [1.82, 2.24) is 0 Å². The highest BCUT2D eigenvalue weighted by molar-refractivity contribution is 5.78. The van der Waals surface area contributed by atoms with Crippen molar-refractivity contribution in [2.24, 2.45) is 5.92 Å². The number of carbonyl (C=O) groups is 2. The van der Waals surface area contributed by atoms with Gasteiger partial charge in [0.2, 0.25) is 0 Å². The minimum atomic E-state index is -0.224. The average molecular weight is 439 g/mol. The molecule has 2 aromatic carbocycles. The average Bonchev–Trinajstić information content (AvgIpc) is 2.82. The SMILES string of the molecule is CC(=O)[C@H]1C[C@@H](CCOCc2ccccc2)O[C@@H](C[C@H](CC=O)OCc2ccccc2)C1. The van der Waals surface area contributed by atoms with Gasteiger partial charge in [-0.15, -0.1) is 0 Å². The molecule has 0 unspecified atom stereocenters. The molecule has 2 aromatic rings. The molecular formula is C27H34O5. The van der Waals surface area contributed by atoms with Gasteiger partial charge in [0.05, 0.1) is 31.5 Å². The van der Waals surface area contributed by atoms with Crippen LogP contribution in [0, 0.1) is 5.92 Å². The van der Waals surface area contributed by atoms with E-state index in [2.05, 4.69) is 0 Å². The Morgan fingerprint density at radius 3 is 2.25 bits per heavy atom. The second-order valence-electron chi connectivity index (χ2n) is 8.54. The summed E-state index contributed by atoms with van der Waals surface area (Å²) < 4.78 is 18.2. The van der Waals surface area contributed by atoms with Gasteiger partial charge in [-0.1, -0.05) is 60.7 Å². The standard InChI is InChI=1S/C27H34O5/c1-21(29)24-16-26(13-15-30-19-22-8-4-2-5-9-22)32-27(17-24)18-25(12-14-28)31-20-23-10-6-3-7-11-23/h2-11,14,24-27H,12-13,15-20H2,1H3/t24-,25-,26+,27+/m0/s1. The van der Waals surface area contributed by atoms with Crippen molar-refractivity contribution in [2.75, 3.05) is 6.61 Å². The quantitative estimate of drug-likeness (QED) is 0.328. The third kappa shape index (κ3) is 8.30. The molecule has 0 aliphatic carbocycles. The lowest BCUT2D eigenvalue weighted by Gasteiger charge is -2.36. The largest absolute Gasteiger partial charge is 0.377 e. The Morgan fingerprint density at radius 2 is 1.62 bits per heavy atom. The van der Waals surface area contributed by atoms with Gasteiger partial charge in [-0.3, -0.25) is 4.79 Å². The number of aldehydes is 1. The number of Topliss-reactive ketones (excluding diaryl/α,β-unsaturated/α-hetero) is 1. The van der Waals surface area contributed by atoms with Crippen molar-refractivity contribution in [1.29, 1.82) is 0 Å². The molecule has 32 heavy (non-hydrogen) atoms. The van der Waals surface area contributed by atoms with Crippen molar-refractivity contribution in [2.45, 2.75) is 70.6 Å². The molecule has 0 amide bonds. The predicted octanol–water partition coefficient (Wildman–Crippen LogP) is 4.91. The van der Waals surface area contributed by atoms with Crippen LogP contribution >= 0.6 is 0 Å². The molecule has 1 aliphatic heterocycles. The van der Waals surface area contributed by atoms with E-state index in [4.69, 9.17) is 14.2 Å². The van der Waals surface area contributed by atoms with Gasteiger partial charge >= 0.3 is 0 Å². The van der Waals surface area contributed by atoms with Gasteiger partial charge in [-0.25, -0.2) is 0 Å². The fourth-order valence-electron chi connectivity index (χ4n) is 4.18. The van der Waals surface area contributed by atoms with E-state index >= 15 is 0 Å². The first-order valence-electron chi connectivity index (χ1n) is 11.5. The predicted molar refractivity (Wildman–Crippen MR) is 123 cm³/mol. The summed E-state index contributed by atoms with van der Waals surface area (Å²) in [6, 6.07) is 20.0. The van der Waals surface area contributed by atoms with Crippen LogP contribution in [0.5, 0.6) is 0 Å². The molecular weight excluding hydrogens is 404 g/mol. The number of benzene rings is 2. The number of ether oxygens (including phenoxy) is 3. The maximum absolute atomic E-state index is 12.2. The zero-order chi connectivity index (χ0) is 22.6. The molecule has 3 rings (SSSR count). The zero-order valence-electron chi connectivity index (χ0n) is 18.9. The van der Waals surface area contributed by atoms with E-state index in [9.17, 15) is 9.59 Å². The molecule has 4 atom stereocenters. The second kappa shape index (κ2) is 13.3. The Kier molecular flexibility index (Phi) is 10.1. The van der Waals surface area contributed by atoms with E-state index in [0.717, 1.165) is 30.3 Å². The summed E-state index contributed by atoms with van der Waals surface area (Å²) in [6.45, 7) is 3.27. The highest BCUT2D eigenvalue weighted by atomic mass is 16.5. The normalized spacial score (nSPS) is 21.7. The fourth-order valence-corrected chi connectivity index (χ4v) is 4.18. The third-order valence-electron chi connectivity index (χ3n) is 5.96. The number of ketones is 1.